The third-order valence-corrected chi connectivity index (χ3v) is 4.11. The standard InChI is InChI=1S/C15H20ClN3O2/c1-15(6-7-17-9-15)14(21)18-10-4-5-12(16)11(8-10)13(20)19(2)3/h4-5,8,17H,6-7,9H2,1-3H3,(H,18,21). The van der Waals surface area contributed by atoms with Crippen molar-refractivity contribution >= 4 is 29.1 Å². The summed E-state index contributed by atoms with van der Waals surface area (Å²) in [5.74, 6) is -0.233. The Hall–Kier alpha value is -1.59. The molecule has 1 heterocycles. The van der Waals surface area contributed by atoms with Crippen molar-refractivity contribution in [3.63, 3.8) is 0 Å². The summed E-state index contributed by atoms with van der Waals surface area (Å²) >= 11 is 6.06. The van der Waals surface area contributed by atoms with E-state index < -0.39 is 5.41 Å². The Bertz CT molecular complexity index is 566. The molecule has 0 spiro atoms. The molecule has 1 unspecified atom stereocenters. The number of nitrogens with one attached hydrogen (secondary N) is 2. The summed E-state index contributed by atoms with van der Waals surface area (Å²) in [6.07, 6.45) is 0.801. The van der Waals surface area contributed by atoms with Gasteiger partial charge in [-0.1, -0.05) is 11.6 Å². The second-order valence-electron chi connectivity index (χ2n) is 5.84. The summed E-state index contributed by atoms with van der Waals surface area (Å²) in [6, 6.07) is 4.95. The molecule has 0 bridgehead atoms. The van der Waals surface area contributed by atoms with Crippen LogP contribution in [0.5, 0.6) is 0 Å². The molecule has 1 aromatic carbocycles. The predicted octanol–water partition coefficient (Wildman–Crippen LogP) is 1.98. The molecule has 2 N–H and O–H groups in total. The molecule has 2 amide bonds. The zero-order valence-electron chi connectivity index (χ0n) is 12.5. The number of hydrogen-bond acceptors (Lipinski definition) is 3. The highest BCUT2D eigenvalue weighted by Crippen LogP contribution is 2.28. The van der Waals surface area contributed by atoms with Crippen molar-refractivity contribution in [3.8, 4) is 0 Å². The van der Waals surface area contributed by atoms with Crippen molar-refractivity contribution in [1.82, 2.24) is 10.2 Å². The van der Waals surface area contributed by atoms with Gasteiger partial charge >= 0.3 is 0 Å². The molecular formula is C15H20ClN3O2. The number of rotatable bonds is 3. The van der Waals surface area contributed by atoms with Crippen molar-refractivity contribution in [3.05, 3.63) is 28.8 Å². The Morgan fingerprint density at radius 2 is 2.10 bits per heavy atom. The molecule has 1 atom stereocenters. The van der Waals surface area contributed by atoms with Gasteiger partial charge in [0.25, 0.3) is 5.91 Å². The van der Waals surface area contributed by atoms with Crippen LogP contribution in [0.25, 0.3) is 0 Å². The van der Waals surface area contributed by atoms with E-state index >= 15 is 0 Å². The molecule has 114 valence electrons. The third-order valence-electron chi connectivity index (χ3n) is 3.78. The third kappa shape index (κ3) is 3.36. The fourth-order valence-corrected chi connectivity index (χ4v) is 2.50. The van der Waals surface area contributed by atoms with Crippen LogP contribution in [0.2, 0.25) is 5.02 Å². The van der Waals surface area contributed by atoms with Crippen molar-refractivity contribution in [2.24, 2.45) is 5.41 Å². The topological polar surface area (TPSA) is 61.4 Å². The zero-order chi connectivity index (χ0) is 15.6. The summed E-state index contributed by atoms with van der Waals surface area (Å²) < 4.78 is 0. The van der Waals surface area contributed by atoms with E-state index in [0.29, 0.717) is 22.8 Å². The van der Waals surface area contributed by atoms with Gasteiger partial charge in [0.2, 0.25) is 5.91 Å². The molecule has 5 nitrogen and oxygen atoms in total. The SMILES string of the molecule is CN(C)C(=O)c1cc(NC(=O)C2(C)CCNC2)ccc1Cl. The molecule has 21 heavy (non-hydrogen) atoms. The molecule has 2 rings (SSSR count). The summed E-state index contributed by atoms with van der Waals surface area (Å²) in [5.41, 5.74) is 0.558. The lowest BCUT2D eigenvalue weighted by molar-refractivity contribution is -0.123. The number of carbonyl (C=O) groups is 2. The van der Waals surface area contributed by atoms with Crippen molar-refractivity contribution < 1.29 is 9.59 Å². The number of anilines is 1. The molecule has 0 radical (unpaired) electrons. The van der Waals surface area contributed by atoms with Crippen LogP contribution in [0.4, 0.5) is 5.69 Å². The van der Waals surface area contributed by atoms with Gasteiger partial charge in [-0.15, -0.1) is 0 Å². The number of halogens is 1. The van der Waals surface area contributed by atoms with Gasteiger partial charge in [-0.05, 0) is 38.1 Å². The highest BCUT2D eigenvalue weighted by molar-refractivity contribution is 6.34. The maximum atomic E-state index is 12.4. The molecule has 1 aliphatic rings. The summed E-state index contributed by atoms with van der Waals surface area (Å²) in [5, 5.41) is 6.44. The first-order valence-corrected chi connectivity index (χ1v) is 7.25. The number of nitrogens with zero attached hydrogens (tertiary/aromatic N) is 1. The summed E-state index contributed by atoms with van der Waals surface area (Å²) in [6.45, 7) is 3.44. The lowest BCUT2D eigenvalue weighted by Crippen LogP contribution is -2.35. The summed E-state index contributed by atoms with van der Waals surface area (Å²) in [4.78, 5) is 25.9. The van der Waals surface area contributed by atoms with E-state index in [1.807, 2.05) is 6.92 Å². The molecule has 0 saturated carbocycles. The Balaban J connectivity index is 2.19. The number of benzene rings is 1. The van der Waals surface area contributed by atoms with E-state index in [1.165, 1.54) is 4.90 Å². The second kappa shape index (κ2) is 6.03. The highest BCUT2D eigenvalue weighted by atomic mass is 35.5. The zero-order valence-corrected chi connectivity index (χ0v) is 13.3. The Kier molecular flexibility index (Phi) is 4.54. The molecule has 1 saturated heterocycles. The minimum absolute atomic E-state index is 0.0434. The quantitative estimate of drug-likeness (QED) is 0.897. The molecule has 0 aliphatic carbocycles. The average molecular weight is 310 g/mol. The maximum Gasteiger partial charge on any atom is 0.254 e. The lowest BCUT2D eigenvalue weighted by Gasteiger charge is -2.22. The van der Waals surface area contributed by atoms with Crippen LogP contribution < -0.4 is 10.6 Å². The van der Waals surface area contributed by atoms with E-state index in [-0.39, 0.29) is 11.8 Å². The monoisotopic (exact) mass is 309 g/mol. The minimum Gasteiger partial charge on any atom is -0.345 e. The highest BCUT2D eigenvalue weighted by Gasteiger charge is 2.36. The van der Waals surface area contributed by atoms with E-state index in [1.54, 1.807) is 32.3 Å². The fraction of sp³-hybridized carbons (Fsp3) is 0.467. The van der Waals surface area contributed by atoms with Crippen molar-refractivity contribution in [2.75, 3.05) is 32.5 Å². The fourth-order valence-electron chi connectivity index (χ4n) is 2.30. The van der Waals surface area contributed by atoms with Crippen molar-refractivity contribution in [1.29, 1.82) is 0 Å². The Morgan fingerprint density at radius 1 is 1.38 bits per heavy atom. The van der Waals surface area contributed by atoms with Crippen LogP contribution in [0.15, 0.2) is 18.2 Å². The van der Waals surface area contributed by atoms with E-state index in [4.69, 9.17) is 11.6 Å². The largest absolute Gasteiger partial charge is 0.345 e. The molecular weight excluding hydrogens is 290 g/mol. The van der Waals surface area contributed by atoms with Crippen LogP contribution in [0.3, 0.4) is 0 Å². The molecule has 6 heteroatoms. The minimum atomic E-state index is -0.411. The maximum absolute atomic E-state index is 12.4. The smallest absolute Gasteiger partial charge is 0.254 e. The first-order valence-electron chi connectivity index (χ1n) is 6.87. The van der Waals surface area contributed by atoms with Gasteiger partial charge in [0.05, 0.1) is 16.0 Å². The van der Waals surface area contributed by atoms with Crippen LogP contribution in [0, 0.1) is 5.41 Å². The van der Waals surface area contributed by atoms with Gasteiger partial charge in [-0.2, -0.15) is 0 Å². The lowest BCUT2D eigenvalue weighted by atomic mass is 9.88. The molecule has 1 aromatic rings. The second-order valence-corrected chi connectivity index (χ2v) is 6.24. The van der Waals surface area contributed by atoms with Crippen LogP contribution in [-0.4, -0.2) is 43.9 Å². The Morgan fingerprint density at radius 3 is 2.67 bits per heavy atom. The van der Waals surface area contributed by atoms with Crippen LogP contribution >= 0.6 is 11.6 Å². The van der Waals surface area contributed by atoms with Gasteiger partial charge in [0.15, 0.2) is 0 Å². The number of carbonyl (C=O) groups excluding carboxylic acids is 2. The normalized spacial score (nSPS) is 21.1. The first-order chi connectivity index (χ1) is 9.83. The van der Waals surface area contributed by atoms with Crippen LogP contribution in [0.1, 0.15) is 23.7 Å². The van der Waals surface area contributed by atoms with Gasteiger partial charge in [0.1, 0.15) is 0 Å². The van der Waals surface area contributed by atoms with Crippen molar-refractivity contribution in [2.45, 2.75) is 13.3 Å². The van der Waals surface area contributed by atoms with Gasteiger partial charge in [0, 0.05) is 26.3 Å². The summed E-state index contributed by atoms with van der Waals surface area (Å²) in [7, 11) is 3.32. The predicted molar refractivity (Wildman–Crippen MR) is 83.7 cm³/mol. The average Bonchev–Trinajstić information content (AvgIpc) is 2.88. The molecule has 1 fully saturated rings. The van der Waals surface area contributed by atoms with E-state index in [0.717, 1.165) is 13.0 Å². The van der Waals surface area contributed by atoms with E-state index in [2.05, 4.69) is 10.6 Å². The molecule has 1 aliphatic heterocycles. The molecule has 0 aromatic heterocycles. The Labute approximate surface area is 129 Å². The van der Waals surface area contributed by atoms with Gasteiger partial charge in [-0.3, -0.25) is 9.59 Å². The van der Waals surface area contributed by atoms with E-state index in [9.17, 15) is 9.59 Å². The number of hydrogen-bond donors (Lipinski definition) is 2. The number of amides is 2. The van der Waals surface area contributed by atoms with Gasteiger partial charge < -0.3 is 15.5 Å². The van der Waals surface area contributed by atoms with Crippen LogP contribution in [-0.2, 0) is 4.79 Å². The first kappa shape index (κ1) is 15.8. The van der Waals surface area contributed by atoms with Gasteiger partial charge in [-0.25, -0.2) is 0 Å².